The van der Waals surface area contributed by atoms with Gasteiger partial charge in [-0.3, -0.25) is 14.2 Å². The van der Waals surface area contributed by atoms with Crippen LogP contribution in [0, 0.1) is 6.92 Å². The fourth-order valence-electron chi connectivity index (χ4n) is 1.47. The summed E-state index contributed by atoms with van der Waals surface area (Å²) in [5, 5.41) is 0. The number of benzene rings is 1. The summed E-state index contributed by atoms with van der Waals surface area (Å²) in [5.41, 5.74) is 0.409. The molecule has 0 spiro atoms. The van der Waals surface area contributed by atoms with Gasteiger partial charge in [-0.1, -0.05) is 22.0 Å². The van der Waals surface area contributed by atoms with Crippen molar-refractivity contribution in [2.45, 2.75) is 6.92 Å². The molecule has 0 unspecified atom stereocenters. The number of nitrogens with zero attached hydrogens (tertiary/aromatic N) is 1. The zero-order valence-corrected chi connectivity index (χ0v) is 10.1. The molecule has 2 aromatic rings. The SMILES string of the molecule is Cc1c(Br)cccc1-n1cc[nH]c(=O)c1=O. The van der Waals surface area contributed by atoms with Gasteiger partial charge < -0.3 is 4.98 Å². The number of aromatic amines is 1. The number of nitrogens with one attached hydrogen (secondary N) is 1. The standard InChI is InChI=1S/C11H9BrN2O2/c1-7-8(12)3-2-4-9(7)14-6-5-13-10(15)11(14)16/h2-6H,1H3,(H,13,15). The summed E-state index contributed by atoms with van der Waals surface area (Å²) in [6, 6.07) is 5.50. The van der Waals surface area contributed by atoms with Gasteiger partial charge >= 0.3 is 11.1 Å². The molecular formula is C11H9BrN2O2. The van der Waals surface area contributed by atoms with Crippen LogP contribution in [0.4, 0.5) is 0 Å². The minimum Gasteiger partial charge on any atom is -0.323 e. The van der Waals surface area contributed by atoms with Crippen LogP contribution in [-0.4, -0.2) is 9.55 Å². The molecular weight excluding hydrogens is 272 g/mol. The molecule has 1 N–H and O–H groups in total. The molecule has 5 heteroatoms. The molecule has 1 heterocycles. The normalized spacial score (nSPS) is 10.4. The van der Waals surface area contributed by atoms with Crippen molar-refractivity contribution in [3.8, 4) is 5.69 Å². The molecule has 0 saturated heterocycles. The molecule has 0 saturated carbocycles. The number of hydrogen-bond donors (Lipinski definition) is 1. The Balaban J connectivity index is 2.78. The molecule has 0 aliphatic carbocycles. The van der Waals surface area contributed by atoms with E-state index in [2.05, 4.69) is 20.9 Å². The van der Waals surface area contributed by atoms with Crippen LogP contribution in [0.1, 0.15) is 5.56 Å². The molecule has 0 bridgehead atoms. The molecule has 0 fully saturated rings. The molecule has 0 aliphatic heterocycles. The van der Waals surface area contributed by atoms with Crippen LogP contribution < -0.4 is 11.1 Å². The fourth-order valence-corrected chi connectivity index (χ4v) is 1.83. The summed E-state index contributed by atoms with van der Waals surface area (Å²) >= 11 is 3.39. The van der Waals surface area contributed by atoms with Gasteiger partial charge in [-0.2, -0.15) is 0 Å². The highest BCUT2D eigenvalue weighted by molar-refractivity contribution is 9.10. The second-order valence-electron chi connectivity index (χ2n) is 3.35. The van der Waals surface area contributed by atoms with E-state index in [0.29, 0.717) is 5.69 Å². The van der Waals surface area contributed by atoms with Crippen molar-refractivity contribution in [3.05, 3.63) is 61.3 Å². The van der Waals surface area contributed by atoms with E-state index in [9.17, 15) is 9.59 Å². The van der Waals surface area contributed by atoms with Crippen LogP contribution >= 0.6 is 15.9 Å². The van der Waals surface area contributed by atoms with Gasteiger partial charge in [-0.15, -0.1) is 0 Å². The van der Waals surface area contributed by atoms with E-state index in [1.165, 1.54) is 10.8 Å². The van der Waals surface area contributed by atoms with E-state index in [-0.39, 0.29) is 0 Å². The van der Waals surface area contributed by atoms with Crippen LogP contribution in [0.15, 0.2) is 44.7 Å². The highest BCUT2D eigenvalue weighted by atomic mass is 79.9. The minimum absolute atomic E-state index is 0.580. The Kier molecular flexibility index (Phi) is 2.78. The molecule has 0 aliphatic rings. The van der Waals surface area contributed by atoms with Crippen molar-refractivity contribution < 1.29 is 0 Å². The van der Waals surface area contributed by atoms with Crippen molar-refractivity contribution in [3.63, 3.8) is 0 Å². The monoisotopic (exact) mass is 280 g/mol. The van der Waals surface area contributed by atoms with E-state index < -0.39 is 11.1 Å². The Morgan fingerprint density at radius 2 is 2.06 bits per heavy atom. The zero-order valence-electron chi connectivity index (χ0n) is 8.53. The number of rotatable bonds is 1. The predicted octanol–water partition coefficient (Wildman–Crippen LogP) is 1.60. The van der Waals surface area contributed by atoms with Gasteiger partial charge in [-0.25, -0.2) is 0 Å². The van der Waals surface area contributed by atoms with Gasteiger partial charge in [0.2, 0.25) is 0 Å². The number of hydrogen-bond acceptors (Lipinski definition) is 2. The Morgan fingerprint density at radius 3 is 2.81 bits per heavy atom. The number of aromatic nitrogens is 2. The number of H-pyrrole nitrogens is 1. The Bertz CT molecular complexity index is 643. The van der Waals surface area contributed by atoms with Crippen LogP contribution in [0.5, 0.6) is 0 Å². The van der Waals surface area contributed by atoms with E-state index in [1.807, 2.05) is 19.1 Å². The van der Waals surface area contributed by atoms with Gasteiger partial charge in [0.25, 0.3) is 0 Å². The molecule has 16 heavy (non-hydrogen) atoms. The van der Waals surface area contributed by atoms with Gasteiger partial charge in [0, 0.05) is 16.9 Å². The summed E-state index contributed by atoms with van der Waals surface area (Å²) in [4.78, 5) is 25.2. The lowest BCUT2D eigenvalue weighted by molar-refractivity contribution is 0.918. The quantitative estimate of drug-likeness (QED) is 0.807. The molecule has 1 aromatic heterocycles. The highest BCUT2D eigenvalue weighted by Gasteiger charge is 2.06. The van der Waals surface area contributed by atoms with Crippen LogP contribution in [0.3, 0.4) is 0 Å². The molecule has 0 atom stereocenters. The Morgan fingerprint density at radius 1 is 1.31 bits per heavy atom. The number of halogens is 1. The van der Waals surface area contributed by atoms with Crippen LogP contribution in [-0.2, 0) is 0 Å². The van der Waals surface area contributed by atoms with Crippen molar-refractivity contribution >= 4 is 15.9 Å². The van der Waals surface area contributed by atoms with Crippen LogP contribution in [0.2, 0.25) is 0 Å². The molecule has 2 rings (SSSR count). The maximum atomic E-state index is 11.6. The molecule has 1 aromatic carbocycles. The Hall–Kier alpha value is -1.62. The molecule has 4 nitrogen and oxygen atoms in total. The Labute approximate surface area is 99.7 Å². The largest absolute Gasteiger partial charge is 0.323 e. The summed E-state index contributed by atoms with van der Waals surface area (Å²) in [7, 11) is 0. The maximum absolute atomic E-state index is 11.6. The molecule has 0 radical (unpaired) electrons. The third-order valence-electron chi connectivity index (χ3n) is 2.35. The van der Waals surface area contributed by atoms with E-state index >= 15 is 0 Å². The van der Waals surface area contributed by atoms with Gasteiger partial charge in [-0.05, 0) is 24.6 Å². The second kappa shape index (κ2) is 4.09. The van der Waals surface area contributed by atoms with E-state index in [4.69, 9.17) is 0 Å². The van der Waals surface area contributed by atoms with Gasteiger partial charge in [0.05, 0.1) is 5.69 Å². The lowest BCUT2D eigenvalue weighted by atomic mass is 10.2. The van der Waals surface area contributed by atoms with Crippen LogP contribution in [0.25, 0.3) is 5.69 Å². The van der Waals surface area contributed by atoms with Crippen molar-refractivity contribution in [2.24, 2.45) is 0 Å². The third-order valence-corrected chi connectivity index (χ3v) is 3.21. The van der Waals surface area contributed by atoms with E-state index in [1.54, 1.807) is 12.3 Å². The maximum Gasteiger partial charge on any atom is 0.320 e. The summed E-state index contributed by atoms with van der Waals surface area (Å²) in [6.07, 6.45) is 2.99. The lowest BCUT2D eigenvalue weighted by Crippen LogP contribution is -2.34. The average Bonchev–Trinajstić information content (AvgIpc) is 2.27. The highest BCUT2D eigenvalue weighted by Crippen LogP contribution is 2.21. The molecule has 0 amide bonds. The lowest BCUT2D eigenvalue weighted by Gasteiger charge is -2.09. The van der Waals surface area contributed by atoms with Crippen molar-refractivity contribution in [2.75, 3.05) is 0 Å². The first-order valence-corrected chi connectivity index (χ1v) is 5.46. The summed E-state index contributed by atoms with van der Waals surface area (Å²) in [6.45, 7) is 1.88. The second-order valence-corrected chi connectivity index (χ2v) is 4.20. The molecule has 82 valence electrons. The zero-order chi connectivity index (χ0) is 11.7. The minimum atomic E-state index is -0.623. The first kappa shape index (κ1) is 10.9. The first-order valence-electron chi connectivity index (χ1n) is 4.67. The summed E-state index contributed by atoms with van der Waals surface area (Å²) < 4.78 is 2.23. The van der Waals surface area contributed by atoms with E-state index in [0.717, 1.165) is 10.0 Å². The fraction of sp³-hybridized carbons (Fsp3) is 0.0909. The first-order chi connectivity index (χ1) is 7.61. The van der Waals surface area contributed by atoms with Crippen molar-refractivity contribution in [1.29, 1.82) is 0 Å². The third kappa shape index (κ3) is 1.74. The van der Waals surface area contributed by atoms with Gasteiger partial charge in [0.1, 0.15) is 0 Å². The average molecular weight is 281 g/mol. The summed E-state index contributed by atoms with van der Waals surface area (Å²) in [5.74, 6) is 0. The predicted molar refractivity (Wildman–Crippen MR) is 65.1 cm³/mol. The van der Waals surface area contributed by atoms with Crippen molar-refractivity contribution in [1.82, 2.24) is 9.55 Å². The topological polar surface area (TPSA) is 54.9 Å². The smallest absolute Gasteiger partial charge is 0.320 e. The van der Waals surface area contributed by atoms with Gasteiger partial charge in [0.15, 0.2) is 0 Å².